The number of carbonyl (C=O) groups is 1. The van der Waals surface area contributed by atoms with Gasteiger partial charge >= 0.3 is 0 Å². The topological polar surface area (TPSA) is 52.3 Å². The van der Waals surface area contributed by atoms with Gasteiger partial charge in [-0.2, -0.15) is 0 Å². The zero-order chi connectivity index (χ0) is 10.7. The summed E-state index contributed by atoms with van der Waals surface area (Å²) in [6, 6.07) is 3.58. The van der Waals surface area contributed by atoms with Crippen molar-refractivity contribution in [1.29, 1.82) is 0 Å². The van der Waals surface area contributed by atoms with Crippen LogP contribution in [0.25, 0.3) is 0 Å². The first-order chi connectivity index (χ1) is 6.61. The summed E-state index contributed by atoms with van der Waals surface area (Å²) in [6.07, 6.45) is 0. The van der Waals surface area contributed by atoms with Gasteiger partial charge in [-0.05, 0) is 18.6 Å². The fourth-order valence-electron chi connectivity index (χ4n) is 1.32. The number of alkyl halides is 1. The summed E-state index contributed by atoms with van der Waals surface area (Å²) < 4.78 is 5.04. The minimum absolute atomic E-state index is 0.0288. The van der Waals surface area contributed by atoms with Crippen LogP contribution in [0.15, 0.2) is 12.1 Å². The third-order valence-electron chi connectivity index (χ3n) is 2.03. The Morgan fingerprint density at radius 2 is 2.21 bits per heavy atom. The number of ketones is 1. The number of methoxy groups -OCH3 is 1. The first kappa shape index (κ1) is 11.0. The van der Waals surface area contributed by atoms with Gasteiger partial charge in [-0.3, -0.25) is 4.79 Å². The molecular formula is C10H12BrNO2. The van der Waals surface area contributed by atoms with Crippen molar-refractivity contribution >= 4 is 27.4 Å². The fraction of sp³-hybridized carbons (Fsp3) is 0.300. The van der Waals surface area contributed by atoms with E-state index in [1.807, 2.05) is 13.0 Å². The summed E-state index contributed by atoms with van der Waals surface area (Å²) in [5, 5.41) is 0.269. The molecule has 1 aromatic carbocycles. The molecule has 0 aromatic heterocycles. The second-order valence-corrected chi connectivity index (χ2v) is 3.49. The largest absolute Gasteiger partial charge is 0.495 e. The van der Waals surface area contributed by atoms with Gasteiger partial charge in [0.1, 0.15) is 5.75 Å². The molecule has 0 aliphatic rings. The Kier molecular flexibility index (Phi) is 3.52. The minimum atomic E-state index is -0.0288. The van der Waals surface area contributed by atoms with Gasteiger partial charge in [-0.15, -0.1) is 0 Å². The molecule has 0 amide bonds. The fourth-order valence-corrected chi connectivity index (χ4v) is 1.60. The van der Waals surface area contributed by atoms with Crippen LogP contribution in [0.2, 0.25) is 0 Å². The number of hydrogen-bond donors (Lipinski definition) is 1. The van der Waals surface area contributed by atoms with Gasteiger partial charge in [0.15, 0.2) is 5.78 Å². The van der Waals surface area contributed by atoms with Crippen LogP contribution in [0, 0.1) is 6.92 Å². The van der Waals surface area contributed by atoms with Crippen molar-refractivity contribution in [3.8, 4) is 5.75 Å². The summed E-state index contributed by atoms with van der Waals surface area (Å²) >= 11 is 3.12. The lowest BCUT2D eigenvalue weighted by molar-refractivity contribution is 0.102. The molecule has 2 N–H and O–H groups in total. The maximum absolute atomic E-state index is 11.5. The van der Waals surface area contributed by atoms with Gasteiger partial charge in [0, 0.05) is 5.56 Å². The van der Waals surface area contributed by atoms with E-state index in [0.29, 0.717) is 17.0 Å². The Hall–Kier alpha value is -1.03. The molecule has 0 heterocycles. The number of Topliss-reactive ketones (excluding diaryl/α,β-unsaturated/α-hetero) is 1. The summed E-state index contributed by atoms with van der Waals surface area (Å²) in [5.74, 6) is 0.513. The van der Waals surface area contributed by atoms with Crippen molar-refractivity contribution < 1.29 is 9.53 Å². The van der Waals surface area contributed by atoms with Crippen molar-refractivity contribution in [2.75, 3.05) is 18.2 Å². The highest BCUT2D eigenvalue weighted by molar-refractivity contribution is 9.09. The quantitative estimate of drug-likeness (QED) is 0.513. The molecule has 1 aromatic rings. The number of aryl methyl sites for hydroxylation is 1. The van der Waals surface area contributed by atoms with E-state index in [4.69, 9.17) is 10.5 Å². The Morgan fingerprint density at radius 3 is 2.71 bits per heavy atom. The van der Waals surface area contributed by atoms with Crippen LogP contribution in [-0.4, -0.2) is 18.2 Å². The lowest BCUT2D eigenvalue weighted by Gasteiger charge is -2.10. The summed E-state index contributed by atoms with van der Waals surface area (Å²) in [5.41, 5.74) is 7.63. The van der Waals surface area contributed by atoms with Crippen molar-refractivity contribution in [1.82, 2.24) is 0 Å². The van der Waals surface area contributed by atoms with Crippen LogP contribution in [0.4, 0.5) is 5.69 Å². The Balaban J connectivity index is 3.32. The first-order valence-corrected chi connectivity index (χ1v) is 5.26. The average molecular weight is 258 g/mol. The van der Waals surface area contributed by atoms with Crippen LogP contribution < -0.4 is 10.5 Å². The number of rotatable bonds is 3. The van der Waals surface area contributed by atoms with E-state index in [-0.39, 0.29) is 11.1 Å². The van der Waals surface area contributed by atoms with Crippen LogP contribution in [0.1, 0.15) is 15.9 Å². The van der Waals surface area contributed by atoms with E-state index in [9.17, 15) is 4.79 Å². The molecule has 0 bridgehead atoms. The van der Waals surface area contributed by atoms with Gasteiger partial charge in [0.05, 0.1) is 18.1 Å². The van der Waals surface area contributed by atoms with E-state index in [1.165, 1.54) is 7.11 Å². The smallest absolute Gasteiger partial charge is 0.175 e. The van der Waals surface area contributed by atoms with Gasteiger partial charge in [0.25, 0.3) is 0 Å². The Labute approximate surface area is 91.4 Å². The highest BCUT2D eigenvalue weighted by atomic mass is 79.9. The number of nitrogen functional groups attached to an aromatic ring is 1. The van der Waals surface area contributed by atoms with E-state index < -0.39 is 0 Å². The third-order valence-corrected chi connectivity index (χ3v) is 2.54. The molecule has 0 fully saturated rings. The lowest BCUT2D eigenvalue weighted by atomic mass is 10.0. The number of hydrogen-bond acceptors (Lipinski definition) is 3. The van der Waals surface area contributed by atoms with E-state index in [0.717, 1.165) is 5.56 Å². The van der Waals surface area contributed by atoms with Gasteiger partial charge < -0.3 is 10.5 Å². The van der Waals surface area contributed by atoms with Gasteiger partial charge in [-0.1, -0.05) is 22.0 Å². The standard InChI is InChI=1S/C10H12BrNO2/c1-6-3-4-8(14-2)10(12)9(6)7(13)5-11/h3-4H,5,12H2,1-2H3. The van der Waals surface area contributed by atoms with E-state index in [1.54, 1.807) is 6.07 Å². The van der Waals surface area contributed by atoms with Gasteiger partial charge in [0.2, 0.25) is 0 Å². The van der Waals surface area contributed by atoms with E-state index in [2.05, 4.69) is 15.9 Å². The van der Waals surface area contributed by atoms with Crippen molar-refractivity contribution in [2.24, 2.45) is 0 Å². The number of benzene rings is 1. The molecule has 0 radical (unpaired) electrons. The number of anilines is 1. The van der Waals surface area contributed by atoms with Crippen LogP contribution in [0.3, 0.4) is 0 Å². The summed E-state index contributed by atoms with van der Waals surface area (Å²) in [7, 11) is 1.53. The molecule has 14 heavy (non-hydrogen) atoms. The second-order valence-electron chi connectivity index (χ2n) is 2.93. The summed E-state index contributed by atoms with van der Waals surface area (Å²) in [6.45, 7) is 1.85. The van der Waals surface area contributed by atoms with Crippen molar-refractivity contribution in [3.63, 3.8) is 0 Å². The highest BCUT2D eigenvalue weighted by Gasteiger charge is 2.14. The zero-order valence-electron chi connectivity index (χ0n) is 8.13. The normalized spacial score (nSPS) is 9.93. The Bertz CT molecular complexity index is 363. The van der Waals surface area contributed by atoms with Crippen molar-refractivity contribution in [3.05, 3.63) is 23.3 Å². The second kappa shape index (κ2) is 4.46. The monoisotopic (exact) mass is 257 g/mol. The molecule has 0 atom stereocenters. The number of nitrogens with two attached hydrogens (primary N) is 1. The molecule has 0 saturated heterocycles. The molecule has 76 valence electrons. The average Bonchev–Trinajstić information content (AvgIpc) is 2.18. The molecule has 0 saturated carbocycles. The predicted octanol–water partition coefficient (Wildman–Crippen LogP) is 2.16. The third kappa shape index (κ3) is 1.90. The Morgan fingerprint density at radius 1 is 1.57 bits per heavy atom. The first-order valence-electron chi connectivity index (χ1n) is 4.14. The van der Waals surface area contributed by atoms with Crippen LogP contribution in [0.5, 0.6) is 5.75 Å². The molecule has 0 aliphatic carbocycles. The maximum Gasteiger partial charge on any atom is 0.175 e. The minimum Gasteiger partial charge on any atom is -0.495 e. The molecule has 3 nitrogen and oxygen atoms in total. The lowest BCUT2D eigenvalue weighted by Crippen LogP contribution is -2.08. The molecule has 0 aliphatic heterocycles. The van der Waals surface area contributed by atoms with Gasteiger partial charge in [-0.25, -0.2) is 0 Å². The SMILES string of the molecule is COc1ccc(C)c(C(=O)CBr)c1N. The molecule has 4 heteroatoms. The van der Waals surface area contributed by atoms with E-state index >= 15 is 0 Å². The summed E-state index contributed by atoms with van der Waals surface area (Å²) in [4.78, 5) is 11.5. The number of halogens is 1. The molecule has 0 spiro atoms. The maximum atomic E-state index is 11.5. The van der Waals surface area contributed by atoms with Crippen LogP contribution >= 0.6 is 15.9 Å². The highest BCUT2D eigenvalue weighted by Crippen LogP contribution is 2.28. The zero-order valence-corrected chi connectivity index (χ0v) is 9.72. The predicted molar refractivity (Wildman–Crippen MR) is 60.3 cm³/mol. The van der Waals surface area contributed by atoms with Crippen molar-refractivity contribution in [2.45, 2.75) is 6.92 Å². The molecule has 1 rings (SSSR count). The molecule has 0 unspecified atom stereocenters. The van der Waals surface area contributed by atoms with Crippen LogP contribution in [-0.2, 0) is 0 Å². The number of ether oxygens (including phenoxy) is 1. The molecular weight excluding hydrogens is 246 g/mol. The number of carbonyl (C=O) groups excluding carboxylic acids is 1.